The number of anilines is 3. The van der Waals surface area contributed by atoms with Crippen LogP contribution in [0.1, 0.15) is 0 Å². The average molecular weight is 351 g/mol. The van der Waals surface area contributed by atoms with E-state index in [0.717, 1.165) is 0 Å². The van der Waals surface area contributed by atoms with E-state index in [1.165, 1.54) is 23.4 Å². The molecule has 3 rings (SSSR count). The fourth-order valence-corrected chi connectivity index (χ4v) is 1.89. The Labute approximate surface area is 126 Å². The molecule has 2 aromatic heterocycles. The van der Waals surface area contributed by atoms with Crippen LogP contribution in [0.25, 0.3) is 5.95 Å². The van der Waals surface area contributed by atoms with Gasteiger partial charge in [-0.1, -0.05) is 15.9 Å². The Balaban J connectivity index is 1.95. The second kappa shape index (κ2) is 5.40. The normalized spacial score (nSPS) is 10.6. The zero-order valence-electron chi connectivity index (χ0n) is 10.4. The molecule has 0 saturated heterocycles. The number of nitrogens with two attached hydrogens (primary N) is 1. The lowest BCUT2D eigenvalue weighted by Crippen LogP contribution is -2.10. The van der Waals surface area contributed by atoms with E-state index in [1.807, 2.05) is 0 Å². The van der Waals surface area contributed by atoms with Crippen molar-refractivity contribution in [1.82, 2.24) is 29.7 Å². The number of nitrogens with one attached hydrogen (secondary N) is 1. The van der Waals surface area contributed by atoms with Crippen LogP contribution in [0.4, 0.5) is 22.0 Å². The molecule has 0 unspecified atom stereocenters. The highest BCUT2D eigenvalue weighted by Gasteiger charge is 2.09. The molecule has 0 radical (unpaired) electrons. The van der Waals surface area contributed by atoms with Crippen LogP contribution in [0.3, 0.4) is 0 Å². The molecule has 0 amide bonds. The van der Waals surface area contributed by atoms with Crippen LogP contribution < -0.4 is 11.1 Å². The van der Waals surface area contributed by atoms with Gasteiger partial charge in [-0.05, 0) is 18.2 Å². The zero-order chi connectivity index (χ0) is 14.8. The third kappa shape index (κ3) is 2.94. The molecule has 0 aliphatic heterocycles. The molecule has 106 valence electrons. The molecule has 0 fully saturated rings. The summed E-state index contributed by atoms with van der Waals surface area (Å²) >= 11 is 3.18. The van der Waals surface area contributed by atoms with Gasteiger partial charge in [0.1, 0.15) is 18.5 Å². The summed E-state index contributed by atoms with van der Waals surface area (Å²) in [5, 5.41) is 6.64. The Kier molecular flexibility index (Phi) is 3.44. The number of halogens is 2. The number of rotatable bonds is 3. The van der Waals surface area contributed by atoms with E-state index in [9.17, 15) is 4.39 Å². The first-order chi connectivity index (χ1) is 10.1. The van der Waals surface area contributed by atoms with Crippen molar-refractivity contribution < 1.29 is 4.39 Å². The second-order valence-electron chi connectivity index (χ2n) is 3.91. The summed E-state index contributed by atoms with van der Waals surface area (Å²) in [7, 11) is 0. The molecule has 10 heteroatoms. The third-order valence-corrected chi connectivity index (χ3v) is 2.94. The molecule has 0 aliphatic carbocycles. The number of nitrogens with zero attached hydrogens (tertiary/aromatic N) is 6. The lowest BCUT2D eigenvalue weighted by atomic mass is 10.3. The Hall–Kier alpha value is -2.62. The van der Waals surface area contributed by atoms with Crippen molar-refractivity contribution >= 4 is 33.5 Å². The zero-order valence-corrected chi connectivity index (χ0v) is 12.0. The van der Waals surface area contributed by atoms with Crippen LogP contribution in [0.15, 0.2) is 35.3 Å². The molecule has 0 aliphatic rings. The Bertz CT molecular complexity index is 776. The largest absolute Gasteiger partial charge is 0.368 e. The highest BCUT2D eigenvalue weighted by molar-refractivity contribution is 9.10. The van der Waals surface area contributed by atoms with Gasteiger partial charge < -0.3 is 11.1 Å². The summed E-state index contributed by atoms with van der Waals surface area (Å²) < 4.78 is 15.7. The van der Waals surface area contributed by atoms with Gasteiger partial charge in [-0.2, -0.15) is 24.7 Å². The van der Waals surface area contributed by atoms with Gasteiger partial charge in [-0.25, -0.2) is 9.37 Å². The van der Waals surface area contributed by atoms with Gasteiger partial charge in [-0.3, -0.25) is 0 Å². The molecular weight excluding hydrogens is 343 g/mol. The van der Waals surface area contributed by atoms with Crippen molar-refractivity contribution in [3.05, 3.63) is 41.1 Å². The molecule has 8 nitrogen and oxygen atoms in total. The van der Waals surface area contributed by atoms with Crippen molar-refractivity contribution in [3.8, 4) is 5.95 Å². The van der Waals surface area contributed by atoms with E-state index >= 15 is 0 Å². The molecule has 3 aromatic rings. The van der Waals surface area contributed by atoms with Gasteiger partial charge in [0.05, 0.1) is 5.69 Å². The smallest absolute Gasteiger partial charge is 0.258 e. The molecule has 1 aromatic carbocycles. The predicted octanol–water partition coefficient (Wildman–Crippen LogP) is 1.68. The summed E-state index contributed by atoms with van der Waals surface area (Å²) in [5.41, 5.74) is 5.83. The molecule has 0 bridgehead atoms. The summed E-state index contributed by atoms with van der Waals surface area (Å²) in [6.45, 7) is 0. The highest BCUT2D eigenvalue weighted by atomic mass is 79.9. The molecular formula is C11H8BrFN8. The van der Waals surface area contributed by atoms with Crippen LogP contribution in [0, 0.1) is 5.82 Å². The Morgan fingerprint density at radius 1 is 1.24 bits per heavy atom. The molecule has 0 atom stereocenters. The maximum absolute atomic E-state index is 13.8. The Morgan fingerprint density at radius 3 is 2.81 bits per heavy atom. The first-order valence-electron chi connectivity index (χ1n) is 5.70. The van der Waals surface area contributed by atoms with Crippen molar-refractivity contribution in [1.29, 1.82) is 0 Å². The molecule has 3 N–H and O–H groups in total. The van der Waals surface area contributed by atoms with Crippen molar-refractivity contribution in [2.24, 2.45) is 0 Å². The quantitative estimate of drug-likeness (QED) is 0.739. The van der Waals surface area contributed by atoms with Crippen LogP contribution in [0.2, 0.25) is 0 Å². The number of nitrogen functional groups attached to an aromatic ring is 1. The summed E-state index contributed by atoms with van der Waals surface area (Å²) in [6, 6.07) is 4.56. The van der Waals surface area contributed by atoms with Gasteiger partial charge in [-0.15, -0.1) is 0 Å². The van der Waals surface area contributed by atoms with Crippen molar-refractivity contribution in [2.75, 3.05) is 11.1 Å². The topological polar surface area (TPSA) is 107 Å². The number of aromatic nitrogens is 6. The Morgan fingerprint density at radius 2 is 2.10 bits per heavy atom. The van der Waals surface area contributed by atoms with E-state index in [0.29, 0.717) is 4.47 Å². The van der Waals surface area contributed by atoms with E-state index in [2.05, 4.69) is 46.3 Å². The maximum atomic E-state index is 13.8. The summed E-state index contributed by atoms with van der Waals surface area (Å²) in [4.78, 5) is 15.7. The van der Waals surface area contributed by atoms with Gasteiger partial charge in [0.25, 0.3) is 5.95 Å². The van der Waals surface area contributed by atoms with Crippen LogP contribution in [0.5, 0.6) is 0 Å². The molecule has 0 spiro atoms. The van der Waals surface area contributed by atoms with E-state index in [4.69, 9.17) is 5.73 Å². The minimum atomic E-state index is -0.453. The summed E-state index contributed by atoms with van der Waals surface area (Å²) in [5.74, 6) is -0.185. The van der Waals surface area contributed by atoms with Crippen LogP contribution >= 0.6 is 15.9 Å². The second-order valence-corrected chi connectivity index (χ2v) is 4.82. The van der Waals surface area contributed by atoms with E-state index in [-0.39, 0.29) is 23.5 Å². The molecule has 0 saturated carbocycles. The standard InChI is InChI=1S/C11H8BrFN8/c12-6-1-2-8(7(13)3-6)17-10-18-9(14)19-11(20-10)21-5-15-4-16-21/h1-5H,(H3,14,17,18,19,20). The molecule has 2 heterocycles. The fourth-order valence-electron chi connectivity index (χ4n) is 1.56. The third-order valence-electron chi connectivity index (χ3n) is 2.44. The van der Waals surface area contributed by atoms with Gasteiger partial charge >= 0.3 is 0 Å². The van der Waals surface area contributed by atoms with Crippen LogP contribution in [-0.2, 0) is 0 Å². The number of hydrogen-bond acceptors (Lipinski definition) is 7. The van der Waals surface area contributed by atoms with Gasteiger partial charge in [0.15, 0.2) is 0 Å². The first kappa shape index (κ1) is 13.4. The highest BCUT2D eigenvalue weighted by Crippen LogP contribution is 2.22. The fraction of sp³-hybridized carbons (Fsp3) is 0. The van der Waals surface area contributed by atoms with Gasteiger partial charge in [0, 0.05) is 4.47 Å². The predicted molar refractivity (Wildman–Crippen MR) is 76.5 cm³/mol. The van der Waals surface area contributed by atoms with E-state index < -0.39 is 5.82 Å². The average Bonchev–Trinajstić information content (AvgIpc) is 2.95. The number of hydrogen-bond donors (Lipinski definition) is 2. The first-order valence-corrected chi connectivity index (χ1v) is 6.50. The minimum Gasteiger partial charge on any atom is -0.368 e. The lowest BCUT2D eigenvalue weighted by molar-refractivity contribution is 0.630. The lowest BCUT2D eigenvalue weighted by Gasteiger charge is -2.08. The minimum absolute atomic E-state index is 0.0180. The maximum Gasteiger partial charge on any atom is 0.258 e. The van der Waals surface area contributed by atoms with Gasteiger partial charge in [0.2, 0.25) is 11.9 Å². The number of benzene rings is 1. The SMILES string of the molecule is Nc1nc(Nc2ccc(Br)cc2F)nc(-n2cncn2)n1. The summed E-state index contributed by atoms with van der Waals surface area (Å²) in [6.07, 6.45) is 2.75. The van der Waals surface area contributed by atoms with Crippen molar-refractivity contribution in [2.45, 2.75) is 0 Å². The van der Waals surface area contributed by atoms with Crippen LogP contribution in [-0.4, -0.2) is 29.7 Å². The van der Waals surface area contributed by atoms with Crippen molar-refractivity contribution in [3.63, 3.8) is 0 Å². The molecule has 21 heavy (non-hydrogen) atoms. The monoisotopic (exact) mass is 350 g/mol. The van der Waals surface area contributed by atoms with E-state index in [1.54, 1.807) is 12.1 Å².